The highest BCUT2D eigenvalue weighted by atomic mass is 16.4. The Labute approximate surface area is 116 Å². The number of rotatable bonds is 4. The number of H-pyrrole nitrogens is 1. The molecule has 0 aromatic carbocycles. The first-order valence-electron chi connectivity index (χ1n) is 6.52. The molecular weight excluding hydrogens is 262 g/mol. The van der Waals surface area contributed by atoms with Gasteiger partial charge in [-0.25, -0.2) is 4.79 Å². The number of nitrogens with one attached hydrogen (secondary N) is 1. The second-order valence-electron chi connectivity index (χ2n) is 5.89. The highest BCUT2D eigenvalue weighted by Crippen LogP contribution is 2.32. The van der Waals surface area contributed by atoms with Crippen LogP contribution >= 0.6 is 0 Å². The highest BCUT2D eigenvalue weighted by Gasteiger charge is 2.45. The summed E-state index contributed by atoms with van der Waals surface area (Å²) in [7, 11) is 1.78. The number of carboxylic acid groups (broad SMARTS) is 1. The van der Waals surface area contributed by atoms with Crippen molar-refractivity contribution in [3.05, 3.63) is 11.9 Å². The molecular formula is C13H19N3O4. The molecule has 1 fully saturated rings. The Morgan fingerprint density at radius 1 is 1.50 bits per heavy atom. The molecule has 7 nitrogen and oxygen atoms in total. The van der Waals surface area contributed by atoms with Crippen LogP contribution in [-0.4, -0.2) is 43.6 Å². The number of likely N-dealkylation sites (tertiary alicyclic amines) is 1. The molecule has 7 heteroatoms. The Kier molecular flexibility index (Phi) is 3.45. The van der Waals surface area contributed by atoms with Crippen LogP contribution in [0.2, 0.25) is 0 Å². The van der Waals surface area contributed by atoms with Crippen LogP contribution in [0.3, 0.4) is 0 Å². The molecule has 1 atom stereocenters. The average Bonchev–Trinajstić information content (AvgIpc) is 2.31. The van der Waals surface area contributed by atoms with E-state index in [0.717, 1.165) is 4.90 Å². The van der Waals surface area contributed by atoms with Crippen molar-refractivity contribution in [2.24, 2.45) is 12.5 Å². The molecule has 2 N–H and O–H groups in total. The zero-order chi connectivity index (χ0) is 15.1. The second kappa shape index (κ2) is 4.81. The maximum absolute atomic E-state index is 12.3. The van der Waals surface area contributed by atoms with Gasteiger partial charge >= 0.3 is 5.97 Å². The number of hydrogen-bond donors (Lipinski definition) is 2. The third kappa shape index (κ3) is 2.48. The van der Waals surface area contributed by atoms with Crippen molar-refractivity contribution in [3.63, 3.8) is 0 Å². The predicted octanol–water partition coefficient (Wildman–Crippen LogP) is 0.524. The van der Waals surface area contributed by atoms with E-state index < -0.39 is 29.2 Å². The van der Waals surface area contributed by atoms with Gasteiger partial charge in [0.05, 0.1) is 5.69 Å². The fourth-order valence-corrected chi connectivity index (χ4v) is 2.45. The number of aliphatic carboxylic acids is 1. The number of hydrogen-bond acceptors (Lipinski definition) is 3. The van der Waals surface area contributed by atoms with E-state index in [4.69, 9.17) is 0 Å². The van der Waals surface area contributed by atoms with Crippen LogP contribution in [0.25, 0.3) is 0 Å². The summed E-state index contributed by atoms with van der Waals surface area (Å²) < 4.78 is 1.68. The summed E-state index contributed by atoms with van der Waals surface area (Å²) in [6, 6.07) is -1.15. The second-order valence-corrected chi connectivity index (χ2v) is 5.89. The molecule has 0 bridgehead atoms. The lowest BCUT2D eigenvalue weighted by Gasteiger charge is -2.38. The lowest BCUT2D eigenvalue weighted by atomic mass is 9.82. The van der Waals surface area contributed by atoms with Gasteiger partial charge < -0.3 is 10.2 Å². The van der Waals surface area contributed by atoms with Crippen molar-refractivity contribution in [1.29, 1.82) is 0 Å². The molecule has 0 spiro atoms. The maximum atomic E-state index is 12.3. The Morgan fingerprint density at radius 2 is 2.10 bits per heavy atom. The minimum absolute atomic E-state index is 0.104. The van der Waals surface area contributed by atoms with Crippen LogP contribution in [0.15, 0.2) is 6.20 Å². The van der Waals surface area contributed by atoms with Gasteiger partial charge in [0.2, 0.25) is 11.8 Å². The Hall–Kier alpha value is -2.05. The standard InChI is InChI=1S/C13H19N3O4/c1-13(2)5-4-10(17)16(12(13)20)9(11(18)19)6-8-7-15(3)14-8/h7,9,14H,4-6H2,1-3H3,(H,18,19). The molecule has 0 radical (unpaired) electrons. The first-order valence-corrected chi connectivity index (χ1v) is 6.52. The molecule has 0 saturated carbocycles. The van der Waals surface area contributed by atoms with E-state index in [-0.39, 0.29) is 12.8 Å². The number of nitrogens with zero attached hydrogens (tertiary/aromatic N) is 2. The number of carbonyl (C=O) groups excluding carboxylic acids is 2. The summed E-state index contributed by atoms with van der Waals surface area (Å²) in [6.07, 6.45) is 2.50. The molecule has 2 rings (SSSR count). The van der Waals surface area contributed by atoms with E-state index >= 15 is 0 Å². The zero-order valence-corrected chi connectivity index (χ0v) is 11.8. The summed E-state index contributed by atoms with van der Waals surface area (Å²) in [6.45, 7) is 3.48. The molecule has 1 aliphatic heterocycles. The van der Waals surface area contributed by atoms with Gasteiger partial charge in [-0.2, -0.15) is 0 Å². The number of amides is 2. The van der Waals surface area contributed by atoms with Crippen LogP contribution in [0.5, 0.6) is 0 Å². The maximum Gasteiger partial charge on any atom is 0.327 e. The van der Waals surface area contributed by atoms with Crippen LogP contribution in [0.1, 0.15) is 32.4 Å². The van der Waals surface area contributed by atoms with Crippen molar-refractivity contribution < 1.29 is 19.5 Å². The van der Waals surface area contributed by atoms with E-state index in [1.807, 2.05) is 0 Å². The Bertz CT molecular complexity index is 543. The van der Waals surface area contributed by atoms with Gasteiger partial charge in [-0.15, -0.1) is 0 Å². The molecule has 20 heavy (non-hydrogen) atoms. The SMILES string of the molecule is Cn1cc(CC(C(=O)O)N2C(=O)CCC(C)(C)C2=O)[nH]1. The summed E-state index contributed by atoms with van der Waals surface area (Å²) >= 11 is 0. The minimum atomic E-state index is -1.17. The molecule has 1 unspecified atom stereocenters. The molecule has 2 heterocycles. The van der Waals surface area contributed by atoms with Gasteiger partial charge in [0.25, 0.3) is 0 Å². The van der Waals surface area contributed by atoms with Crippen LogP contribution in [0.4, 0.5) is 0 Å². The third-order valence-electron chi connectivity index (χ3n) is 3.71. The lowest BCUT2D eigenvalue weighted by Crippen LogP contribution is -2.57. The first-order chi connectivity index (χ1) is 9.22. The molecule has 1 aromatic rings. The number of aromatic amines is 1. The number of carbonyl (C=O) groups is 3. The van der Waals surface area contributed by atoms with Gasteiger partial charge in [-0.3, -0.25) is 19.2 Å². The number of aromatic nitrogens is 2. The Balaban J connectivity index is 2.25. The van der Waals surface area contributed by atoms with Crippen LogP contribution in [0, 0.1) is 5.41 Å². The molecule has 1 aliphatic rings. The fourth-order valence-electron chi connectivity index (χ4n) is 2.45. The quantitative estimate of drug-likeness (QED) is 0.787. The van der Waals surface area contributed by atoms with Gasteiger partial charge in [0.15, 0.2) is 0 Å². The first kappa shape index (κ1) is 14.4. The largest absolute Gasteiger partial charge is 0.480 e. The van der Waals surface area contributed by atoms with Gasteiger partial charge in [-0.05, 0) is 6.42 Å². The van der Waals surface area contributed by atoms with E-state index in [9.17, 15) is 19.5 Å². The molecule has 2 amide bonds. The normalized spacial score (nSPS) is 20.2. The van der Waals surface area contributed by atoms with Crippen LogP contribution < -0.4 is 0 Å². The molecule has 0 aliphatic carbocycles. The van der Waals surface area contributed by atoms with Gasteiger partial charge in [0.1, 0.15) is 6.04 Å². The van der Waals surface area contributed by atoms with E-state index in [0.29, 0.717) is 12.1 Å². The lowest BCUT2D eigenvalue weighted by molar-refractivity contribution is -0.166. The fraction of sp³-hybridized carbons (Fsp3) is 0.615. The number of imide groups is 1. The number of carboxylic acids is 1. The highest BCUT2D eigenvalue weighted by molar-refractivity contribution is 6.03. The Morgan fingerprint density at radius 3 is 2.60 bits per heavy atom. The monoisotopic (exact) mass is 281 g/mol. The summed E-state index contributed by atoms with van der Waals surface area (Å²) in [4.78, 5) is 36.7. The van der Waals surface area contributed by atoms with E-state index in [1.54, 1.807) is 31.8 Å². The van der Waals surface area contributed by atoms with Crippen molar-refractivity contribution in [3.8, 4) is 0 Å². The predicted molar refractivity (Wildman–Crippen MR) is 69.8 cm³/mol. The van der Waals surface area contributed by atoms with E-state index in [2.05, 4.69) is 5.10 Å². The minimum Gasteiger partial charge on any atom is -0.480 e. The van der Waals surface area contributed by atoms with Gasteiger partial charge in [-0.1, -0.05) is 13.8 Å². The molecule has 110 valence electrons. The number of piperidine rings is 1. The molecule has 1 saturated heterocycles. The topological polar surface area (TPSA) is 95.4 Å². The zero-order valence-electron chi connectivity index (χ0n) is 11.8. The number of aryl methyl sites for hydroxylation is 1. The van der Waals surface area contributed by atoms with Crippen molar-refractivity contribution in [2.45, 2.75) is 39.2 Å². The summed E-state index contributed by atoms with van der Waals surface area (Å²) in [5, 5.41) is 12.3. The van der Waals surface area contributed by atoms with E-state index in [1.165, 1.54) is 0 Å². The average molecular weight is 281 g/mol. The van der Waals surface area contributed by atoms with Crippen molar-refractivity contribution in [1.82, 2.24) is 14.7 Å². The third-order valence-corrected chi connectivity index (χ3v) is 3.71. The van der Waals surface area contributed by atoms with Crippen molar-refractivity contribution in [2.75, 3.05) is 0 Å². The van der Waals surface area contributed by atoms with Crippen molar-refractivity contribution >= 4 is 17.8 Å². The molecule has 1 aromatic heterocycles. The van der Waals surface area contributed by atoms with Crippen LogP contribution in [-0.2, 0) is 27.9 Å². The summed E-state index contributed by atoms with van der Waals surface area (Å²) in [5.74, 6) is -1.98. The van der Waals surface area contributed by atoms with Gasteiger partial charge in [0, 0.05) is 31.5 Å². The summed E-state index contributed by atoms with van der Waals surface area (Å²) in [5.41, 5.74) is 0.00342. The smallest absolute Gasteiger partial charge is 0.327 e.